The second-order valence-electron chi connectivity index (χ2n) is 4.39. The number of carbonyl (C=O) groups excluding carboxylic acids is 2. The molecule has 1 atom stereocenters. The fourth-order valence-corrected chi connectivity index (χ4v) is 2.18. The monoisotopic (exact) mass is 247 g/mol. The third-order valence-corrected chi connectivity index (χ3v) is 3.15. The first-order valence-corrected chi connectivity index (χ1v) is 6.20. The average molecular weight is 247 g/mol. The van der Waals surface area contributed by atoms with Gasteiger partial charge in [-0.1, -0.05) is 18.2 Å². The van der Waals surface area contributed by atoms with Crippen molar-refractivity contribution in [3.05, 3.63) is 29.8 Å². The number of cyclic esters (lactones) is 1. The highest BCUT2D eigenvalue weighted by molar-refractivity contribution is 5.99. The minimum Gasteiger partial charge on any atom is -0.452 e. The van der Waals surface area contributed by atoms with Crippen LogP contribution in [-0.4, -0.2) is 24.5 Å². The molecule has 1 aliphatic rings. The SMILES string of the molecule is CCN(C(=O)C1CCC(=O)O1)c1ccccc1C. The highest BCUT2D eigenvalue weighted by atomic mass is 16.6. The normalized spacial score (nSPS) is 18.6. The Labute approximate surface area is 107 Å². The van der Waals surface area contributed by atoms with Crippen LogP contribution in [0.2, 0.25) is 0 Å². The molecule has 0 bridgehead atoms. The van der Waals surface area contributed by atoms with Gasteiger partial charge < -0.3 is 9.64 Å². The van der Waals surface area contributed by atoms with Gasteiger partial charge in [-0.25, -0.2) is 0 Å². The van der Waals surface area contributed by atoms with Crippen molar-refractivity contribution in [3.8, 4) is 0 Å². The minimum absolute atomic E-state index is 0.127. The first-order chi connectivity index (χ1) is 8.63. The van der Waals surface area contributed by atoms with Crippen LogP contribution in [0.3, 0.4) is 0 Å². The van der Waals surface area contributed by atoms with Gasteiger partial charge in [-0.15, -0.1) is 0 Å². The van der Waals surface area contributed by atoms with E-state index in [0.717, 1.165) is 11.3 Å². The average Bonchev–Trinajstić information content (AvgIpc) is 2.79. The summed E-state index contributed by atoms with van der Waals surface area (Å²) in [6.07, 6.45) is 0.207. The molecule has 0 saturated carbocycles. The molecule has 0 spiro atoms. The fourth-order valence-electron chi connectivity index (χ4n) is 2.18. The summed E-state index contributed by atoms with van der Waals surface area (Å²) in [6.45, 7) is 4.45. The van der Waals surface area contributed by atoms with Gasteiger partial charge >= 0.3 is 5.97 Å². The summed E-state index contributed by atoms with van der Waals surface area (Å²) in [5.74, 6) is -0.410. The third-order valence-electron chi connectivity index (χ3n) is 3.15. The zero-order chi connectivity index (χ0) is 13.1. The first-order valence-electron chi connectivity index (χ1n) is 6.20. The van der Waals surface area contributed by atoms with E-state index in [1.54, 1.807) is 4.90 Å². The molecule has 18 heavy (non-hydrogen) atoms. The van der Waals surface area contributed by atoms with E-state index in [2.05, 4.69) is 0 Å². The number of anilines is 1. The Morgan fingerprint density at radius 2 is 2.17 bits per heavy atom. The smallest absolute Gasteiger partial charge is 0.306 e. The Balaban J connectivity index is 2.21. The van der Waals surface area contributed by atoms with E-state index in [9.17, 15) is 9.59 Å². The Hall–Kier alpha value is -1.84. The lowest BCUT2D eigenvalue weighted by Gasteiger charge is -2.25. The molecular formula is C14H17NO3. The van der Waals surface area contributed by atoms with E-state index < -0.39 is 6.10 Å². The van der Waals surface area contributed by atoms with Crippen molar-refractivity contribution in [2.45, 2.75) is 32.8 Å². The number of hydrogen-bond donors (Lipinski definition) is 0. The number of aryl methyl sites for hydroxylation is 1. The topological polar surface area (TPSA) is 46.6 Å². The lowest BCUT2D eigenvalue weighted by molar-refractivity contribution is -0.147. The molecule has 0 N–H and O–H groups in total. The van der Waals surface area contributed by atoms with Gasteiger partial charge in [0.05, 0.1) is 0 Å². The van der Waals surface area contributed by atoms with E-state index in [1.165, 1.54) is 0 Å². The van der Waals surface area contributed by atoms with Crippen molar-refractivity contribution < 1.29 is 14.3 Å². The Kier molecular flexibility index (Phi) is 3.65. The van der Waals surface area contributed by atoms with Crippen LogP contribution in [0, 0.1) is 6.92 Å². The van der Waals surface area contributed by atoms with Crippen LogP contribution in [0.5, 0.6) is 0 Å². The van der Waals surface area contributed by atoms with Crippen LogP contribution < -0.4 is 4.90 Å². The van der Waals surface area contributed by atoms with Crippen molar-refractivity contribution in [1.29, 1.82) is 0 Å². The summed E-state index contributed by atoms with van der Waals surface area (Å²) in [6, 6.07) is 7.71. The van der Waals surface area contributed by atoms with Gasteiger partial charge in [0.25, 0.3) is 5.91 Å². The number of nitrogens with zero attached hydrogens (tertiary/aromatic N) is 1. The molecule has 0 radical (unpaired) electrons. The maximum absolute atomic E-state index is 12.3. The van der Waals surface area contributed by atoms with Gasteiger partial charge in [-0.3, -0.25) is 9.59 Å². The van der Waals surface area contributed by atoms with Gasteiger partial charge in [0, 0.05) is 25.1 Å². The summed E-state index contributed by atoms with van der Waals surface area (Å²) in [4.78, 5) is 25.1. The standard InChI is InChI=1S/C14H17NO3/c1-3-15(11-7-5-4-6-10(11)2)14(17)12-8-9-13(16)18-12/h4-7,12H,3,8-9H2,1-2H3. The summed E-state index contributed by atoms with van der Waals surface area (Å²) < 4.78 is 5.04. The van der Waals surface area contributed by atoms with Crippen LogP contribution in [0.1, 0.15) is 25.3 Å². The minimum atomic E-state index is -0.614. The van der Waals surface area contributed by atoms with Crippen LogP contribution >= 0.6 is 0 Å². The number of hydrogen-bond acceptors (Lipinski definition) is 3. The molecule has 0 aromatic heterocycles. The maximum atomic E-state index is 12.3. The zero-order valence-corrected chi connectivity index (χ0v) is 10.7. The lowest BCUT2D eigenvalue weighted by atomic mass is 10.1. The highest BCUT2D eigenvalue weighted by Gasteiger charge is 2.33. The molecule has 1 unspecified atom stereocenters. The van der Waals surface area contributed by atoms with E-state index in [4.69, 9.17) is 4.74 Å². The molecule has 1 heterocycles. The summed E-state index contributed by atoms with van der Waals surface area (Å²) >= 11 is 0. The van der Waals surface area contributed by atoms with Crippen molar-refractivity contribution in [2.75, 3.05) is 11.4 Å². The molecule has 96 valence electrons. The molecule has 0 aliphatic carbocycles. The molecule has 1 amide bonds. The summed E-state index contributed by atoms with van der Waals surface area (Å²) in [5, 5.41) is 0. The maximum Gasteiger partial charge on any atom is 0.306 e. The first kappa shape index (κ1) is 12.6. The molecule has 1 aromatic carbocycles. The van der Waals surface area contributed by atoms with Gasteiger partial charge in [-0.2, -0.15) is 0 Å². The number of ether oxygens (including phenoxy) is 1. The summed E-state index contributed by atoms with van der Waals surface area (Å²) in [5.41, 5.74) is 1.92. The van der Waals surface area contributed by atoms with Crippen molar-refractivity contribution in [2.24, 2.45) is 0 Å². The summed E-state index contributed by atoms with van der Waals surface area (Å²) in [7, 11) is 0. The third kappa shape index (κ3) is 2.37. The Bertz CT molecular complexity index is 470. The number of amides is 1. The highest BCUT2D eigenvalue weighted by Crippen LogP contribution is 2.23. The quantitative estimate of drug-likeness (QED) is 0.768. The van der Waals surface area contributed by atoms with Gasteiger partial charge in [0.15, 0.2) is 6.10 Å². The number of likely N-dealkylation sites (N-methyl/N-ethyl adjacent to an activating group) is 1. The molecule has 1 aromatic rings. The van der Waals surface area contributed by atoms with Crippen LogP contribution in [-0.2, 0) is 14.3 Å². The predicted octanol–water partition coefficient (Wildman–Crippen LogP) is 2.05. The zero-order valence-electron chi connectivity index (χ0n) is 10.7. The van der Waals surface area contributed by atoms with Gasteiger partial charge in [-0.05, 0) is 25.5 Å². The largest absolute Gasteiger partial charge is 0.452 e. The molecule has 1 aliphatic heterocycles. The lowest BCUT2D eigenvalue weighted by Crippen LogP contribution is -2.39. The molecule has 4 heteroatoms. The second kappa shape index (κ2) is 5.21. The molecule has 1 saturated heterocycles. The fraction of sp³-hybridized carbons (Fsp3) is 0.429. The van der Waals surface area contributed by atoms with E-state index in [1.807, 2.05) is 38.1 Å². The van der Waals surface area contributed by atoms with Crippen LogP contribution in [0.4, 0.5) is 5.69 Å². The van der Waals surface area contributed by atoms with Gasteiger partial charge in [0.1, 0.15) is 0 Å². The van der Waals surface area contributed by atoms with Gasteiger partial charge in [0.2, 0.25) is 0 Å². The van der Waals surface area contributed by atoms with Crippen LogP contribution in [0.25, 0.3) is 0 Å². The number of rotatable bonds is 3. The van der Waals surface area contributed by atoms with Crippen molar-refractivity contribution in [3.63, 3.8) is 0 Å². The van der Waals surface area contributed by atoms with Crippen molar-refractivity contribution in [1.82, 2.24) is 0 Å². The Morgan fingerprint density at radius 3 is 2.72 bits per heavy atom. The molecular weight excluding hydrogens is 230 g/mol. The van der Waals surface area contributed by atoms with Crippen LogP contribution in [0.15, 0.2) is 24.3 Å². The number of carbonyl (C=O) groups is 2. The molecule has 1 fully saturated rings. The van der Waals surface area contributed by atoms with E-state index >= 15 is 0 Å². The van der Waals surface area contributed by atoms with E-state index in [-0.39, 0.29) is 11.9 Å². The number of benzene rings is 1. The molecule has 2 rings (SSSR count). The Morgan fingerprint density at radius 1 is 1.44 bits per heavy atom. The molecule has 4 nitrogen and oxygen atoms in total. The number of esters is 1. The second-order valence-corrected chi connectivity index (χ2v) is 4.39. The van der Waals surface area contributed by atoms with E-state index in [0.29, 0.717) is 19.4 Å². The predicted molar refractivity (Wildman–Crippen MR) is 68.3 cm³/mol. The number of para-hydroxylation sites is 1. The van der Waals surface area contributed by atoms with Crippen molar-refractivity contribution >= 4 is 17.6 Å².